The molecule has 0 saturated carbocycles. The van der Waals surface area contributed by atoms with E-state index in [1.807, 2.05) is 30.3 Å². The summed E-state index contributed by atoms with van der Waals surface area (Å²) in [5, 5.41) is 3.82. The van der Waals surface area contributed by atoms with Crippen LogP contribution in [0.3, 0.4) is 0 Å². The topological polar surface area (TPSA) is 30.8 Å². The highest BCUT2D eigenvalue weighted by Crippen LogP contribution is 2.17. The molecule has 80 valence electrons. The molecule has 1 aliphatic rings. The van der Waals surface area contributed by atoms with Crippen LogP contribution in [-0.2, 0) is 4.84 Å². The largest absolute Gasteiger partial charge is 0.493 e. The Labute approximate surface area is 97.2 Å². The lowest BCUT2D eigenvalue weighted by Crippen LogP contribution is -2.11. The molecule has 2 rings (SSSR count). The van der Waals surface area contributed by atoms with E-state index >= 15 is 0 Å². The molecule has 0 bridgehead atoms. The molecule has 15 heavy (non-hydrogen) atoms. The molecule has 0 spiro atoms. The van der Waals surface area contributed by atoms with Gasteiger partial charge in [0.1, 0.15) is 16.5 Å². The number of oxime groups is 1. The van der Waals surface area contributed by atoms with Crippen molar-refractivity contribution in [3.63, 3.8) is 0 Å². The molecule has 3 nitrogen and oxygen atoms in total. The highest BCUT2D eigenvalue weighted by atomic mass is 79.9. The second-order valence-corrected chi connectivity index (χ2v) is 4.26. The molecule has 1 aromatic rings. The van der Waals surface area contributed by atoms with Crippen LogP contribution >= 0.6 is 15.9 Å². The smallest absolute Gasteiger partial charge is 0.137 e. The summed E-state index contributed by atoms with van der Waals surface area (Å²) in [5.74, 6) is 0.899. The second kappa shape index (κ2) is 5.16. The summed E-state index contributed by atoms with van der Waals surface area (Å²) in [6.07, 6.45) is 1.86. The van der Waals surface area contributed by atoms with E-state index in [-0.39, 0.29) is 6.10 Å². The number of halogens is 1. The average Bonchev–Trinajstić information content (AvgIpc) is 2.66. The standard InChI is InChI=1S/C11H12BrNO2/c12-11-8-10(15-13-11)6-7-14-9-4-2-1-3-5-9/h1-5,10H,6-8H2. The highest BCUT2D eigenvalue weighted by Gasteiger charge is 2.18. The van der Waals surface area contributed by atoms with Crippen molar-refractivity contribution in [3.05, 3.63) is 30.3 Å². The van der Waals surface area contributed by atoms with E-state index in [0.717, 1.165) is 23.2 Å². The Morgan fingerprint density at radius 1 is 1.40 bits per heavy atom. The quantitative estimate of drug-likeness (QED) is 0.842. The molecule has 0 radical (unpaired) electrons. The van der Waals surface area contributed by atoms with Crippen LogP contribution in [-0.4, -0.2) is 17.3 Å². The monoisotopic (exact) mass is 269 g/mol. The minimum Gasteiger partial charge on any atom is -0.493 e. The summed E-state index contributed by atoms with van der Waals surface area (Å²) in [5.41, 5.74) is 0. The molecule has 0 aromatic heterocycles. The van der Waals surface area contributed by atoms with Gasteiger partial charge in [-0.2, -0.15) is 0 Å². The first-order chi connectivity index (χ1) is 7.34. The Morgan fingerprint density at radius 2 is 2.20 bits per heavy atom. The van der Waals surface area contributed by atoms with Crippen molar-refractivity contribution in [1.82, 2.24) is 0 Å². The third kappa shape index (κ3) is 3.23. The Morgan fingerprint density at radius 3 is 2.87 bits per heavy atom. The number of ether oxygens (including phenoxy) is 1. The summed E-state index contributed by atoms with van der Waals surface area (Å²) in [7, 11) is 0. The summed E-state index contributed by atoms with van der Waals surface area (Å²) in [6, 6.07) is 9.78. The van der Waals surface area contributed by atoms with Gasteiger partial charge in [0.15, 0.2) is 0 Å². The predicted octanol–water partition coefficient (Wildman–Crippen LogP) is 2.95. The maximum atomic E-state index is 5.56. The lowest BCUT2D eigenvalue weighted by atomic mass is 10.2. The van der Waals surface area contributed by atoms with Crippen molar-refractivity contribution in [2.24, 2.45) is 5.16 Å². The summed E-state index contributed by atoms with van der Waals surface area (Å²) in [4.78, 5) is 5.16. The van der Waals surface area contributed by atoms with E-state index in [1.165, 1.54) is 0 Å². The molecule has 4 heteroatoms. The number of benzene rings is 1. The van der Waals surface area contributed by atoms with Gasteiger partial charge in [0, 0.05) is 12.8 Å². The molecule has 1 heterocycles. The van der Waals surface area contributed by atoms with Gasteiger partial charge in [-0.05, 0) is 28.1 Å². The Hall–Kier alpha value is -1.03. The molecular formula is C11H12BrNO2. The fourth-order valence-electron chi connectivity index (χ4n) is 1.37. The van der Waals surface area contributed by atoms with Gasteiger partial charge < -0.3 is 9.57 Å². The van der Waals surface area contributed by atoms with Crippen LogP contribution in [0, 0.1) is 0 Å². The normalized spacial score (nSPS) is 19.5. The first kappa shape index (κ1) is 10.5. The first-order valence-electron chi connectivity index (χ1n) is 4.90. The van der Waals surface area contributed by atoms with Crippen LogP contribution in [0.1, 0.15) is 12.8 Å². The van der Waals surface area contributed by atoms with Gasteiger partial charge in [0.2, 0.25) is 0 Å². The third-order valence-corrected chi connectivity index (χ3v) is 2.62. The molecule has 0 N–H and O–H groups in total. The number of nitrogens with zero attached hydrogens (tertiary/aromatic N) is 1. The maximum Gasteiger partial charge on any atom is 0.137 e. The van der Waals surface area contributed by atoms with Crippen LogP contribution < -0.4 is 4.74 Å². The van der Waals surface area contributed by atoms with Gasteiger partial charge in [0.05, 0.1) is 6.61 Å². The lowest BCUT2D eigenvalue weighted by molar-refractivity contribution is 0.0675. The van der Waals surface area contributed by atoms with E-state index in [0.29, 0.717) is 6.61 Å². The summed E-state index contributed by atoms with van der Waals surface area (Å²) in [6.45, 7) is 0.657. The zero-order chi connectivity index (χ0) is 10.5. The fourth-order valence-corrected chi connectivity index (χ4v) is 1.82. The van der Waals surface area contributed by atoms with Crippen LogP contribution in [0.15, 0.2) is 35.5 Å². The van der Waals surface area contributed by atoms with Crippen LogP contribution in [0.4, 0.5) is 0 Å². The van der Waals surface area contributed by atoms with Gasteiger partial charge in [-0.15, -0.1) is 0 Å². The van der Waals surface area contributed by atoms with Gasteiger partial charge in [-0.1, -0.05) is 23.4 Å². The van der Waals surface area contributed by atoms with Crippen LogP contribution in [0.5, 0.6) is 5.75 Å². The molecule has 0 amide bonds. The van der Waals surface area contributed by atoms with Crippen molar-refractivity contribution in [1.29, 1.82) is 0 Å². The van der Waals surface area contributed by atoms with Crippen molar-refractivity contribution in [3.8, 4) is 5.75 Å². The maximum absolute atomic E-state index is 5.56. The van der Waals surface area contributed by atoms with Crippen molar-refractivity contribution in [2.75, 3.05) is 6.61 Å². The molecule has 0 saturated heterocycles. The Bertz CT molecular complexity index is 340. The predicted molar refractivity (Wildman–Crippen MR) is 62.4 cm³/mol. The van der Waals surface area contributed by atoms with Gasteiger partial charge in [-0.25, -0.2) is 0 Å². The molecule has 1 unspecified atom stereocenters. The number of para-hydroxylation sites is 1. The Kier molecular flexibility index (Phi) is 3.61. The van der Waals surface area contributed by atoms with E-state index in [1.54, 1.807) is 0 Å². The minimum absolute atomic E-state index is 0.156. The van der Waals surface area contributed by atoms with Gasteiger partial charge in [0.25, 0.3) is 0 Å². The zero-order valence-corrected chi connectivity index (χ0v) is 9.81. The van der Waals surface area contributed by atoms with Crippen LogP contribution in [0.25, 0.3) is 0 Å². The number of hydrogen-bond acceptors (Lipinski definition) is 3. The lowest BCUT2D eigenvalue weighted by Gasteiger charge is -2.09. The van der Waals surface area contributed by atoms with Gasteiger partial charge >= 0.3 is 0 Å². The molecular weight excluding hydrogens is 258 g/mol. The van der Waals surface area contributed by atoms with Crippen molar-refractivity contribution >= 4 is 20.6 Å². The van der Waals surface area contributed by atoms with E-state index in [9.17, 15) is 0 Å². The summed E-state index contributed by atoms with van der Waals surface area (Å²) >= 11 is 3.30. The first-order valence-corrected chi connectivity index (χ1v) is 5.70. The fraction of sp³-hybridized carbons (Fsp3) is 0.364. The number of rotatable bonds is 4. The van der Waals surface area contributed by atoms with Gasteiger partial charge in [-0.3, -0.25) is 0 Å². The van der Waals surface area contributed by atoms with Crippen molar-refractivity contribution < 1.29 is 9.57 Å². The van der Waals surface area contributed by atoms with E-state index in [4.69, 9.17) is 9.57 Å². The number of hydrogen-bond donors (Lipinski definition) is 0. The highest BCUT2D eigenvalue weighted by molar-refractivity contribution is 9.18. The van der Waals surface area contributed by atoms with E-state index in [2.05, 4.69) is 21.1 Å². The molecule has 0 fully saturated rings. The zero-order valence-electron chi connectivity index (χ0n) is 8.23. The molecule has 0 aliphatic carbocycles. The Balaban J connectivity index is 1.68. The SMILES string of the molecule is BrC1=NOC(CCOc2ccccc2)C1. The van der Waals surface area contributed by atoms with Crippen molar-refractivity contribution in [2.45, 2.75) is 18.9 Å². The average molecular weight is 270 g/mol. The molecule has 1 aliphatic heterocycles. The third-order valence-electron chi connectivity index (χ3n) is 2.15. The second-order valence-electron chi connectivity index (χ2n) is 3.35. The molecule has 1 aromatic carbocycles. The van der Waals surface area contributed by atoms with Crippen LogP contribution in [0.2, 0.25) is 0 Å². The molecule has 1 atom stereocenters. The minimum atomic E-state index is 0.156. The van der Waals surface area contributed by atoms with E-state index < -0.39 is 0 Å². The summed E-state index contributed by atoms with van der Waals surface area (Å²) < 4.78 is 6.44.